The van der Waals surface area contributed by atoms with Crippen molar-refractivity contribution in [1.82, 2.24) is 4.31 Å². The molecule has 156 valence electrons. The van der Waals surface area contributed by atoms with Crippen LogP contribution in [0.2, 0.25) is 0 Å². The first-order chi connectivity index (χ1) is 13.9. The number of carbonyl (C=O) groups excluding carboxylic acids is 1. The second-order valence-electron chi connectivity index (χ2n) is 6.52. The zero-order valence-corrected chi connectivity index (χ0v) is 17.2. The molecule has 1 heterocycles. The van der Waals surface area contributed by atoms with Crippen LogP contribution in [0.1, 0.15) is 12.8 Å². The van der Waals surface area contributed by atoms with Gasteiger partial charge in [0.2, 0.25) is 10.0 Å². The minimum absolute atomic E-state index is 0.218. The van der Waals surface area contributed by atoms with E-state index in [9.17, 15) is 13.2 Å². The third-order valence-corrected chi connectivity index (χ3v) is 6.45. The van der Waals surface area contributed by atoms with Crippen molar-refractivity contribution in [3.05, 3.63) is 42.5 Å². The maximum atomic E-state index is 12.5. The van der Waals surface area contributed by atoms with Crippen LogP contribution in [0.15, 0.2) is 47.4 Å². The molecule has 0 unspecified atom stereocenters. The Morgan fingerprint density at radius 3 is 2.07 bits per heavy atom. The molecule has 8 nitrogen and oxygen atoms in total. The summed E-state index contributed by atoms with van der Waals surface area (Å²) in [5.41, 5.74) is 0.488. The van der Waals surface area contributed by atoms with E-state index in [2.05, 4.69) is 5.32 Å². The molecule has 1 amide bonds. The van der Waals surface area contributed by atoms with E-state index in [-0.39, 0.29) is 17.4 Å². The minimum atomic E-state index is -3.47. The molecule has 1 aliphatic rings. The second kappa shape index (κ2) is 9.15. The molecule has 1 N–H and O–H groups in total. The number of amides is 1. The van der Waals surface area contributed by atoms with Crippen LogP contribution in [0.4, 0.5) is 5.69 Å². The van der Waals surface area contributed by atoms with E-state index in [1.165, 1.54) is 30.7 Å². The molecule has 0 radical (unpaired) electrons. The van der Waals surface area contributed by atoms with E-state index in [4.69, 9.17) is 14.2 Å². The monoisotopic (exact) mass is 420 g/mol. The van der Waals surface area contributed by atoms with Crippen LogP contribution in [0.3, 0.4) is 0 Å². The third kappa shape index (κ3) is 5.18. The van der Waals surface area contributed by atoms with Crippen LogP contribution < -0.4 is 19.5 Å². The van der Waals surface area contributed by atoms with Gasteiger partial charge in [-0.05, 0) is 37.1 Å². The zero-order chi connectivity index (χ0) is 20.9. The molecule has 9 heteroatoms. The molecule has 2 aromatic rings. The Morgan fingerprint density at radius 1 is 0.966 bits per heavy atom. The highest BCUT2D eigenvalue weighted by Crippen LogP contribution is 2.27. The van der Waals surface area contributed by atoms with Crippen LogP contribution in [0.25, 0.3) is 0 Å². The van der Waals surface area contributed by atoms with Gasteiger partial charge in [-0.15, -0.1) is 0 Å². The maximum Gasteiger partial charge on any atom is 0.262 e. The van der Waals surface area contributed by atoms with Crippen LogP contribution in [-0.4, -0.2) is 52.5 Å². The summed E-state index contributed by atoms with van der Waals surface area (Å²) < 4.78 is 42.4. The van der Waals surface area contributed by atoms with E-state index >= 15 is 0 Å². The molecular weight excluding hydrogens is 396 g/mol. The SMILES string of the molecule is COc1cc(OC)cc(OCC(=O)Nc2ccc(S(=O)(=O)N3CCCC3)cc2)c1. The summed E-state index contributed by atoms with van der Waals surface area (Å²) in [5.74, 6) is 1.16. The smallest absolute Gasteiger partial charge is 0.262 e. The van der Waals surface area contributed by atoms with Crippen molar-refractivity contribution in [1.29, 1.82) is 0 Å². The standard InChI is InChI=1S/C20H24N2O6S/c1-26-16-11-17(27-2)13-18(12-16)28-14-20(23)21-15-5-7-19(8-6-15)29(24,25)22-9-3-4-10-22/h5-8,11-13H,3-4,9-10,14H2,1-2H3,(H,21,23). The summed E-state index contributed by atoms with van der Waals surface area (Å²) in [4.78, 5) is 12.4. The normalized spacial score (nSPS) is 14.4. The van der Waals surface area contributed by atoms with Gasteiger partial charge in [0.05, 0.1) is 19.1 Å². The Hall–Kier alpha value is -2.78. The lowest BCUT2D eigenvalue weighted by atomic mass is 10.3. The zero-order valence-electron chi connectivity index (χ0n) is 16.4. The number of carbonyl (C=O) groups is 1. The topological polar surface area (TPSA) is 94.2 Å². The molecule has 0 aliphatic carbocycles. The first kappa shape index (κ1) is 20.9. The predicted molar refractivity (Wildman–Crippen MR) is 108 cm³/mol. The highest BCUT2D eigenvalue weighted by molar-refractivity contribution is 7.89. The van der Waals surface area contributed by atoms with Gasteiger partial charge in [-0.2, -0.15) is 4.31 Å². The molecule has 0 spiro atoms. The summed E-state index contributed by atoms with van der Waals surface area (Å²) in [6, 6.07) is 11.1. The molecule has 2 aromatic carbocycles. The number of hydrogen-bond donors (Lipinski definition) is 1. The van der Waals surface area contributed by atoms with Crippen molar-refractivity contribution in [2.45, 2.75) is 17.7 Å². The van der Waals surface area contributed by atoms with Gasteiger partial charge < -0.3 is 19.5 Å². The average Bonchev–Trinajstić information content (AvgIpc) is 3.28. The number of methoxy groups -OCH3 is 2. The Morgan fingerprint density at radius 2 is 1.52 bits per heavy atom. The van der Waals surface area contributed by atoms with Crippen LogP contribution in [0, 0.1) is 0 Å². The fourth-order valence-electron chi connectivity index (χ4n) is 3.00. The third-order valence-electron chi connectivity index (χ3n) is 4.54. The van der Waals surface area contributed by atoms with Crippen molar-refractivity contribution < 1.29 is 27.4 Å². The lowest BCUT2D eigenvalue weighted by Crippen LogP contribution is -2.27. The number of nitrogens with one attached hydrogen (secondary N) is 1. The fraction of sp³-hybridized carbons (Fsp3) is 0.350. The van der Waals surface area contributed by atoms with Gasteiger partial charge in [0.25, 0.3) is 5.91 Å². The molecule has 0 bridgehead atoms. The van der Waals surface area contributed by atoms with Crippen molar-refractivity contribution in [2.24, 2.45) is 0 Å². The fourth-order valence-corrected chi connectivity index (χ4v) is 4.52. The van der Waals surface area contributed by atoms with E-state index in [1.54, 1.807) is 30.3 Å². The molecule has 29 heavy (non-hydrogen) atoms. The Kier molecular flexibility index (Phi) is 6.60. The van der Waals surface area contributed by atoms with E-state index in [0.29, 0.717) is 36.0 Å². The van der Waals surface area contributed by atoms with Crippen LogP contribution in [0.5, 0.6) is 17.2 Å². The molecular formula is C20H24N2O6S. The Bertz CT molecular complexity index is 931. The molecule has 0 atom stereocenters. The van der Waals surface area contributed by atoms with E-state index in [0.717, 1.165) is 12.8 Å². The second-order valence-corrected chi connectivity index (χ2v) is 8.46. The van der Waals surface area contributed by atoms with E-state index in [1.807, 2.05) is 0 Å². The molecule has 1 saturated heterocycles. The summed E-state index contributed by atoms with van der Waals surface area (Å²) in [7, 11) is -0.418. The number of benzene rings is 2. The number of anilines is 1. The first-order valence-electron chi connectivity index (χ1n) is 9.18. The number of sulfonamides is 1. The number of rotatable bonds is 8. The Balaban J connectivity index is 1.58. The van der Waals surface area contributed by atoms with E-state index < -0.39 is 10.0 Å². The molecule has 0 saturated carbocycles. The number of ether oxygens (including phenoxy) is 3. The number of hydrogen-bond acceptors (Lipinski definition) is 6. The number of nitrogens with zero attached hydrogens (tertiary/aromatic N) is 1. The summed E-state index contributed by atoms with van der Waals surface area (Å²) in [5, 5.41) is 2.68. The highest BCUT2D eigenvalue weighted by Gasteiger charge is 2.26. The first-order valence-corrected chi connectivity index (χ1v) is 10.6. The van der Waals surface area contributed by atoms with Crippen LogP contribution >= 0.6 is 0 Å². The van der Waals surface area contributed by atoms with Crippen molar-refractivity contribution in [2.75, 3.05) is 39.2 Å². The Labute approximate surface area is 170 Å². The quantitative estimate of drug-likeness (QED) is 0.705. The molecule has 1 aliphatic heterocycles. The lowest BCUT2D eigenvalue weighted by molar-refractivity contribution is -0.118. The van der Waals surface area contributed by atoms with Gasteiger partial charge in [-0.25, -0.2) is 8.42 Å². The summed E-state index contributed by atoms with van der Waals surface area (Å²) in [6.45, 7) is 0.880. The summed E-state index contributed by atoms with van der Waals surface area (Å²) >= 11 is 0. The predicted octanol–water partition coefficient (Wildman–Crippen LogP) is 2.51. The van der Waals surface area contributed by atoms with Gasteiger partial charge in [-0.3, -0.25) is 4.79 Å². The minimum Gasteiger partial charge on any atom is -0.496 e. The van der Waals surface area contributed by atoms with Crippen molar-refractivity contribution >= 4 is 21.6 Å². The van der Waals surface area contributed by atoms with Crippen molar-refractivity contribution in [3.63, 3.8) is 0 Å². The van der Waals surface area contributed by atoms with Gasteiger partial charge in [-0.1, -0.05) is 0 Å². The molecule has 0 aromatic heterocycles. The van der Waals surface area contributed by atoms with Gasteiger partial charge in [0.1, 0.15) is 17.2 Å². The molecule has 3 rings (SSSR count). The molecule has 1 fully saturated rings. The van der Waals surface area contributed by atoms with Gasteiger partial charge in [0, 0.05) is 37.0 Å². The maximum absolute atomic E-state index is 12.5. The lowest BCUT2D eigenvalue weighted by Gasteiger charge is -2.15. The van der Waals surface area contributed by atoms with Crippen LogP contribution in [-0.2, 0) is 14.8 Å². The largest absolute Gasteiger partial charge is 0.496 e. The summed E-state index contributed by atoms with van der Waals surface area (Å²) in [6.07, 6.45) is 1.76. The van der Waals surface area contributed by atoms with Crippen molar-refractivity contribution in [3.8, 4) is 17.2 Å². The van der Waals surface area contributed by atoms with Gasteiger partial charge in [0.15, 0.2) is 6.61 Å². The van der Waals surface area contributed by atoms with Gasteiger partial charge >= 0.3 is 0 Å². The average molecular weight is 420 g/mol. The highest BCUT2D eigenvalue weighted by atomic mass is 32.2.